The summed E-state index contributed by atoms with van der Waals surface area (Å²) in [4.78, 5) is 14.6. The van der Waals surface area contributed by atoms with Gasteiger partial charge in [-0.2, -0.15) is 5.10 Å². The Morgan fingerprint density at radius 3 is 2.50 bits per heavy atom. The van der Waals surface area contributed by atoms with Gasteiger partial charge < -0.3 is 9.64 Å². The van der Waals surface area contributed by atoms with Gasteiger partial charge in [0.05, 0.1) is 23.9 Å². The summed E-state index contributed by atoms with van der Waals surface area (Å²) in [6.07, 6.45) is 2.55. The van der Waals surface area contributed by atoms with Crippen molar-refractivity contribution in [2.45, 2.75) is 39.2 Å². The Hall–Kier alpha value is -2.14. The van der Waals surface area contributed by atoms with E-state index in [0.29, 0.717) is 12.5 Å². The van der Waals surface area contributed by atoms with Crippen molar-refractivity contribution in [1.82, 2.24) is 14.7 Å². The molecule has 0 N–H and O–H groups in total. The average Bonchev–Trinajstić information content (AvgIpc) is 2.90. The minimum absolute atomic E-state index is 0.184. The van der Waals surface area contributed by atoms with E-state index >= 15 is 0 Å². The largest absolute Gasteiger partial charge is 0.381 e. The summed E-state index contributed by atoms with van der Waals surface area (Å²) in [7, 11) is 1.74. The van der Waals surface area contributed by atoms with Crippen molar-refractivity contribution >= 4 is 5.91 Å². The van der Waals surface area contributed by atoms with Crippen molar-refractivity contribution in [3.8, 4) is 5.69 Å². The quantitative estimate of drug-likeness (QED) is 0.867. The molecule has 0 spiro atoms. The molecule has 5 nitrogen and oxygen atoms in total. The van der Waals surface area contributed by atoms with Crippen LogP contribution in [0.25, 0.3) is 5.69 Å². The Morgan fingerprint density at radius 1 is 1.21 bits per heavy atom. The van der Waals surface area contributed by atoms with E-state index in [-0.39, 0.29) is 5.91 Å². The predicted molar refractivity (Wildman–Crippen MR) is 93.4 cm³/mol. The van der Waals surface area contributed by atoms with Gasteiger partial charge in [-0.1, -0.05) is 18.2 Å². The maximum Gasteiger partial charge on any atom is 0.227 e. The van der Waals surface area contributed by atoms with Crippen LogP contribution < -0.4 is 0 Å². The fourth-order valence-corrected chi connectivity index (χ4v) is 3.36. The molecule has 2 aromatic rings. The lowest BCUT2D eigenvalue weighted by molar-refractivity contribution is -0.132. The third-order valence-corrected chi connectivity index (χ3v) is 4.90. The second-order valence-electron chi connectivity index (χ2n) is 6.39. The molecule has 1 aliphatic heterocycles. The maximum absolute atomic E-state index is 12.7. The van der Waals surface area contributed by atoms with Gasteiger partial charge in [0.25, 0.3) is 0 Å². The molecule has 3 rings (SSSR count). The molecule has 2 heterocycles. The second kappa shape index (κ2) is 7.18. The fraction of sp³-hybridized carbons (Fsp3) is 0.474. The van der Waals surface area contributed by atoms with Crippen molar-refractivity contribution in [2.24, 2.45) is 0 Å². The highest BCUT2D eigenvalue weighted by molar-refractivity contribution is 5.79. The van der Waals surface area contributed by atoms with Crippen LogP contribution in [0.5, 0.6) is 0 Å². The number of likely N-dealkylation sites (tertiary alicyclic amines) is 1. The van der Waals surface area contributed by atoms with Crippen LogP contribution >= 0.6 is 0 Å². The summed E-state index contributed by atoms with van der Waals surface area (Å²) < 4.78 is 7.30. The van der Waals surface area contributed by atoms with Gasteiger partial charge in [0, 0.05) is 31.5 Å². The highest BCUT2D eigenvalue weighted by Crippen LogP contribution is 2.20. The Labute approximate surface area is 143 Å². The molecule has 1 fully saturated rings. The third kappa shape index (κ3) is 3.36. The van der Waals surface area contributed by atoms with E-state index in [1.165, 1.54) is 0 Å². The Morgan fingerprint density at radius 2 is 1.88 bits per heavy atom. The number of aromatic nitrogens is 2. The second-order valence-corrected chi connectivity index (χ2v) is 6.39. The molecule has 24 heavy (non-hydrogen) atoms. The lowest BCUT2D eigenvalue weighted by atomic mass is 10.1. The van der Waals surface area contributed by atoms with Crippen LogP contribution in [0.4, 0.5) is 0 Å². The summed E-state index contributed by atoms with van der Waals surface area (Å²) >= 11 is 0. The maximum atomic E-state index is 12.7. The molecular weight excluding hydrogens is 302 g/mol. The van der Waals surface area contributed by atoms with E-state index in [0.717, 1.165) is 48.6 Å². The van der Waals surface area contributed by atoms with Crippen LogP contribution in [0, 0.1) is 13.8 Å². The monoisotopic (exact) mass is 327 g/mol. The molecule has 1 aliphatic rings. The molecule has 0 unspecified atom stereocenters. The van der Waals surface area contributed by atoms with Crippen LogP contribution in [-0.2, 0) is 16.0 Å². The van der Waals surface area contributed by atoms with E-state index in [1.54, 1.807) is 7.11 Å². The molecule has 128 valence electrons. The minimum atomic E-state index is 0.184. The number of nitrogens with zero attached hydrogens (tertiary/aromatic N) is 3. The number of para-hydroxylation sites is 1. The van der Waals surface area contributed by atoms with Crippen molar-refractivity contribution in [3.63, 3.8) is 0 Å². The Balaban J connectivity index is 1.74. The molecule has 1 saturated heterocycles. The van der Waals surface area contributed by atoms with Crippen molar-refractivity contribution in [3.05, 3.63) is 47.3 Å². The summed E-state index contributed by atoms with van der Waals surface area (Å²) in [5.74, 6) is 0.184. The molecule has 0 bridgehead atoms. The van der Waals surface area contributed by atoms with E-state index in [4.69, 9.17) is 4.74 Å². The third-order valence-electron chi connectivity index (χ3n) is 4.90. The molecular formula is C19H25N3O2. The van der Waals surface area contributed by atoms with Gasteiger partial charge >= 0.3 is 0 Å². The van der Waals surface area contributed by atoms with Gasteiger partial charge in [-0.25, -0.2) is 4.68 Å². The Kier molecular flexibility index (Phi) is 5.00. The van der Waals surface area contributed by atoms with Crippen LogP contribution in [0.15, 0.2) is 30.3 Å². The van der Waals surface area contributed by atoms with Crippen molar-refractivity contribution in [1.29, 1.82) is 0 Å². The number of amides is 1. The molecule has 5 heteroatoms. The zero-order valence-electron chi connectivity index (χ0n) is 14.7. The van der Waals surface area contributed by atoms with Crippen LogP contribution in [0.2, 0.25) is 0 Å². The summed E-state index contributed by atoms with van der Waals surface area (Å²) in [6, 6.07) is 10.0. The zero-order valence-corrected chi connectivity index (χ0v) is 14.7. The SMILES string of the molecule is COC1CCN(C(=O)Cc2c(C)nn(-c3ccccc3)c2C)CC1. The lowest BCUT2D eigenvalue weighted by Crippen LogP contribution is -2.41. The van der Waals surface area contributed by atoms with Gasteiger partial charge in [-0.15, -0.1) is 0 Å². The Bertz CT molecular complexity index is 701. The summed E-state index contributed by atoms with van der Waals surface area (Å²) in [5, 5.41) is 4.63. The first-order valence-electron chi connectivity index (χ1n) is 8.51. The number of ether oxygens (including phenoxy) is 1. The summed E-state index contributed by atoms with van der Waals surface area (Å²) in [5.41, 5.74) is 4.03. The molecule has 1 aromatic heterocycles. The van der Waals surface area contributed by atoms with E-state index in [9.17, 15) is 4.79 Å². The standard InChI is InChI=1S/C19H25N3O2/c1-14-18(13-19(23)21-11-9-17(24-3)10-12-21)15(2)22(20-14)16-7-5-4-6-8-16/h4-8,17H,9-13H2,1-3H3. The van der Waals surface area contributed by atoms with Crippen molar-refractivity contribution in [2.75, 3.05) is 20.2 Å². The number of rotatable bonds is 4. The number of aryl methyl sites for hydroxylation is 1. The first-order valence-corrected chi connectivity index (χ1v) is 8.51. The average molecular weight is 327 g/mol. The van der Waals surface area contributed by atoms with E-state index < -0.39 is 0 Å². The number of hydrogen-bond donors (Lipinski definition) is 0. The van der Waals surface area contributed by atoms with Gasteiger partial charge in [0.15, 0.2) is 0 Å². The topological polar surface area (TPSA) is 47.4 Å². The van der Waals surface area contributed by atoms with E-state index in [2.05, 4.69) is 5.10 Å². The molecule has 1 amide bonds. The minimum Gasteiger partial charge on any atom is -0.381 e. The molecule has 0 atom stereocenters. The fourth-order valence-electron chi connectivity index (χ4n) is 3.36. The summed E-state index contributed by atoms with van der Waals surface area (Å²) in [6.45, 7) is 5.57. The normalized spacial score (nSPS) is 15.7. The highest BCUT2D eigenvalue weighted by atomic mass is 16.5. The number of piperidine rings is 1. The molecule has 0 radical (unpaired) electrons. The smallest absolute Gasteiger partial charge is 0.227 e. The van der Waals surface area contributed by atoms with Crippen LogP contribution in [0.1, 0.15) is 29.8 Å². The number of carbonyl (C=O) groups excluding carboxylic acids is 1. The number of benzene rings is 1. The number of carbonyl (C=O) groups is 1. The van der Waals surface area contributed by atoms with Crippen LogP contribution in [0.3, 0.4) is 0 Å². The van der Waals surface area contributed by atoms with Gasteiger partial charge in [-0.05, 0) is 38.8 Å². The van der Waals surface area contributed by atoms with Gasteiger partial charge in [0.2, 0.25) is 5.91 Å². The lowest BCUT2D eigenvalue weighted by Gasteiger charge is -2.31. The number of hydrogen-bond acceptors (Lipinski definition) is 3. The number of methoxy groups -OCH3 is 1. The van der Waals surface area contributed by atoms with Crippen molar-refractivity contribution < 1.29 is 9.53 Å². The highest BCUT2D eigenvalue weighted by Gasteiger charge is 2.24. The molecule has 1 aromatic carbocycles. The first-order chi connectivity index (χ1) is 11.6. The first kappa shape index (κ1) is 16.7. The molecule has 0 saturated carbocycles. The van der Waals surface area contributed by atoms with Crippen LogP contribution in [-0.4, -0.2) is 46.9 Å². The molecule has 0 aliphatic carbocycles. The van der Waals surface area contributed by atoms with Gasteiger partial charge in [-0.3, -0.25) is 4.79 Å². The predicted octanol–water partition coefficient (Wildman–Crippen LogP) is 2.67. The van der Waals surface area contributed by atoms with E-state index in [1.807, 2.05) is 53.8 Å². The van der Waals surface area contributed by atoms with Gasteiger partial charge in [0.1, 0.15) is 0 Å². The zero-order chi connectivity index (χ0) is 17.1.